The Morgan fingerprint density at radius 3 is 2.89 bits per heavy atom. The van der Waals surface area contributed by atoms with Crippen LogP contribution in [0.4, 0.5) is 4.39 Å². The molecule has 1 fully saturated rings. The van der Waals surface area contributed by atoms with Gasteiger partial charge < -0.3 is 5.32 Å². The highest BCUT2D eigenvalue weighted by Crippen LogP contribution is 2.18. The zero-order chi connectivity index (χ0) is 6.53. The van der Waals surface area contributed by atoms with Gasteiger partial charge in [-0.3, -0.25) is 4.39 Å². The molecule has 0 heterocycles. The van der Waals surface area contributed by atoms with Crippen LogP contribution in [-0.4, -0.2) is 12.7 Å². The quantitative estimate of drug-likeness (QED) is 0.608. The molecule has 0 bridgehead atoms. The summed E-state index contributed by atoms with van der Waals surface area (Å²) in [5.74, 6) is 0. The van der Waals surface area contributed by atoms with Crippen LogP contribution < -0.4 is 5.32 Å². The van der Waals surface area contributed by atoms with Gasteiger partial charge in [-0.15, -0.1) is 0 Å². The molecule has 0 saturated heterocycles. The minimum atomic E-state index is -0.247. The van der Waals surface area contributed by atoms with Crippen LogP contribution in [0.25, 0.3) is 0 Å². The summed E-state index contributed by atoms with van der Waals surface area (Å²) in [7, 11) is 0. The average molecular weight is 129 g/mol. The Bertz CT molecular complexity index is 97.1. The number of allylic oxidation sites excluding steroid dienone is 1. The van der Waals surface area contributed by atoms with Crippen molar-refractivity contribution in [2.24, 2.45) is 0 Å². The van der Waals surface area contributed by atoms with Crippen molar-refractivity contribution in [2.45, 2.75) is 25.3 Å². The maximum absolute atomic E-state index is 11.5. The topological polar surface area (TPSA) is 12.0 Å². The van der Waals surface area contributed by atoms with E-state index in [1.165, 1.54) is 12.8 Å². The Morgan fingerprint density at radius 1 is 1.56 bits per heavy atom. The molecule has 9 heavy (non-hydrogen) atoms. The van der Waals surface area contributed by atoms with Gasteiger partial charge in [-0.2, -0.15) is 0 Å². The molecule has 52 valence electrons. The predicted octanol–water partition coefficient (Wildman–Crippen LogP) is 1.61. The second-order valence-electron chi connectivity index (χ2n) is 2.32. The Hall–Kier alpha value is -0.530. The SMILES string of the molecule is FCC/C=C/NC1CC1. The van der Waals surface area contributed by atoms with E-state index < -0.39 is 0 Å². The van der Waals surface area contributed by atoms with E-state index in [2.05, 4.69) is 5.32 Å². The molecule has 0 aromatic rings. The van der Waals surface area contributed by atoms with Crippen molar-refractivity contribution in [3.8, 4) is 0 Å². The minimum absolute atomic E-state index is 0.247. The van der Waals surface area contributed by atoms with E-state index in [0.29, 0.717) is 12.5 Å². The van der Waals surface area contributed by atoms with Crippen LogP contribution in [0.5, 0.6) is 0 Å². The lowest BCUT2D eigenvalue weighted by atomic mass is 10.4. The van der Waals surface area contributed by atoms with Gasteiger partial charge in [0, 0.05) is 6.04 Å². The Kier molecular flexibility index (Phi) is 2.55. The van der Waals surface area contributed by atoms with Gasteiger partial charge in [0.2, 0.25) is 0 Å². The van der Waals surface area contributed by atoms with Crippen molar-refractivity contribution in [1.29, 1.82) is 0 Å². The van der Waals surface area contributed by atoms with Crippen LogP contribution in [0, 0.1) is 0 Å². The lowest BCUT2D eigenvalue weighted by molar-refractivity contribution is 0.500. The van der Waals surface area contributed by atoms with Gasteiger partial charge in [0.15, 0.2) is 0 Å². The fourth-order valence-corrected chi connectivity index (χ4v) is 0.600. The minimum Gasteiger partial charge on any atom is -0.388 e. The molecule has 0 aromatic carbocycles. The number of hydrogen-bond acceptors (Lipinski definition) is 1. The number of hydrogen-bond donors (Lipinski definition) is 1. The first-order chi connectivity index (χ1) is 4.43. The third-order valence-electron chi connectivity index (χ3n) is 1.30. The van der Waals surface area contributed by atoms with Crippen LogP contribution in [-0.2, 0) is 0 Å². The van der Waals surface area contributed by atoms with Crippen molar-refractivity contribution in [3.05, 3.63) is 12.3 Å². The molecule has 1 aliphatic carbocycles. The summed E-state index contributed by atoms with van der Waals surface area (Å²) in [4.78, 5) is 0. The highest BCUT2D eigenvalue weighted by atomic mass is 19.1. The molecular formula is C7H12FN. The van der Waals surface area contributed by atoms with E-state index in [0.717, 1.165) is 0 Å². The molecule has 0 unspecified atom stereocenters. The van der Waals surface area contributed by atoms with E-state index in [1.807, 2.05) is 12.3 Å². The van der Waals surface area contributed by atoms with Crippen molar-refractivity contribution in [3.63, 3.8) is 0 Å². The summed E-state index contributed by atoms with van der Waals surface area (Å²) in [6, 6.07) is 0.695. The van der Waals surface area contributed by atoms with Crippen LogP contribution in [0.15, 0.2) is 12.3 Å². The molecule has 1 nitrogen and oxygen atoms in total. The molecule has 1 N–H and O–H groups in total. The highest BCUT2D eigenvalue weighted by molar-refractivity contribution is 4.89. The molecule has 0 aromatic heterocycles. The number of alkyl halides is 1. The van der Waals surface area contributed by atoms with E-state index in [-0.39, 0.29) is 6.67 Å². The first-order valence-electron chi connectivity index (χ1n) is 3.40. The van der Waals surface area contributed by atoms with E-state index in [1.54, 1.807) is 0 Å². The first kappa shape index (κ1) is 6.59. The maximum Gasteiger partial charge on any atom is 0.0929 e. The van der Waals surface area contributed by atoms with Crippen LogP contribution in [0.2, 0.25) is 0 Å². The van der Waals surface area contributed by atoms with E-state index >= 15 is 0 Å². The van der Waals surface area contributed by atoms with Gasteiger partial charge in [0.05, 0.1) is 6.67 Å². The van der Waals surface area contributed by atoms with Crippen molar-refractivity contribution < 1.29 is 4.39 Å². The standard InChI is InChI=1S/C7H12FN/c8-5-1-2-6-9-7-3-4-7/h2,6-7,9H,1,3-5H2/b6-2+. The maximum atomic E-state index is 11.5. The van der Waals surface area contributed by atoms with Gasteiger partial charge in [0.1, 0.15) is 0 Å². The Balaban J connectivity index is 1.88. The lowest BCUT2D eigenvalue weighted by Crippen LogP contribution is -2.05. The van der Waals surface area contributed by atoms with Gasteiger partial charge in [0.25, 0.3) is 0 Å². The summed E-state index contributed by atoms with van der Waals surface area (Å²) in [6.45, 7) is -0.247. The van der Waals surface area contributed by atoms with Gasteiger partial charge in [-0.25, -0.2) is 0 Å². The molecule has 1 aliphatic rings. The second kappa shape index (κ2) is 3.49. The van der Waals surface area contributed by atoms with Gasteiger partial charge >= 0.3 is 0 Å². The van der Waals surface area contributed by atoms with Crippen molar-refractivity contribution in [1.82, 2.24) is 5.32 Å². The van der Waals surface area contributed by atoms with Crippen LogP contribution in [0.1, 0.15) is 19.3 Å². The molecule has 0 aliphatic heterocycles. The van der Waals surface area contributed by atoms with E-state index in [4.69, 9.17) is 0 Å². The fourth-order valence-electron chi connectivity index (χ4n) is 0.600. The summed E-state index contributed by atoms with van der Waals surface area (Å²) >= 11 is 0. The summed E-state index contributed by atoms with van der Waals surface area (Å²) in [6.07, 6.45) is 6.79. The zero-order valence-electron chi connectivity index (χ0n) is 5.44. The number of rotatable bonds is 4. The molecular weight excluding hydrogens is 117 g/mol. The Morgan fingerprint density at radius 2 is 2.33 bits per heavy atom. The molecule has 0 spiro atoms. The van der Waals surface area contributed by atoms with E-state index in [9.17, 15) is 4.39 Å². The second-order valence-corrected chi connectivity index (χ2v) is 2.32. The molecule has 0 atom stereocenters. The molecule has 0 radical (unpaired) electrons. The molecule has 2 heteroatoms. The first-order valence-corrected chi connectivity index (χ1v) is 3.40. The Labute approximate surface area is 54.9 Å². The number of nitrogens with one attached hydrogen (secondary N) is 1. The predicted molar refractivity (Wildman–Crippen MR) is 35.9 cm³/mol. The van der Waals surface area contributed by atoms with Crippen molar-refractivity contribution >= 4 is 0 Å². The van der Waals surface area contributed by atoms with Crippen molar-refractivity contribution in [2.75, 3.05) is 6.67 Å². The fraction of sp³-hybridized carbons (Fsp3) is 0.714. The highest BCUT2D eigenvalue weighted by Gasteiger charge is 2.18. The third kappa shape index (κ3) is 3.12. The van der Waals surface area contributed by atoms with Gasteiger partial charge in [-0.05, 0) is 25.5 Å². The summed E-state index contributed by atoms with van der Waals surface area (Å²) < 4.78 is 11.5. The third-order valence-corrected chi connectivity index (χ3v) is 1.30. The lowest BCUT2D eigenvalue weighted by Gasteiger charge is -1.91. The zero-order valence-corrected chi connectivity index (χ0v) is 5.44. The van der Waals surface area contributed by atoms with Gasteiger partial charge in [-0.1, -0.05) is 6.08 Å². The smallest absolute Gasteiger partial charge is 0.0929 e. The van der Waals surface area contributed by atoms with Crippen LogP contribution >= 0.6 is 0 Å². The molecule has 0 amide bonds. The molecule has 1 rings (SSSR count). The average Bonchev–Trinajstić information content (AvgIpc) is 2.63. The summed E-state index contributed by atoms with van der Waals surface area (Å²) in [5.41, 5.74) is 0. The number of halogens is 1. The molecule has 1 saturated carbocycles. The summed E-state index contributed by atoms with van der Waals surface area (Å²) in [5, 5.41) is 3.14. The monoisotopic (exact) mass is 129 g/mol. The van der Waals surface area contributed by atoms with Crippen LogP contribution in [0.3, 0.4) is 0 Å². The largest absolute Gasteiger partial charge is 0.388 e. The normalized spacial score (nSPS) is 18.8.